The summed E-state index contributed by atoms with van der Waals surface area (Å²) in [5.41, 5.74) is 0. The molecule has 1 unspecified atom stereocenters. The summed E-state index contributed by atoms with van der Waals surface area (Å²) in [6, 6.07) is 0. The molecule has 0 aromatic heterocycles. The third kappa shape index (κ3) is 1.85. The van der Waals surface area contributed by atoms with E-state index in [0.29, 0.717) is 0 Å². The molecule has 1 N–H and O–H groups in total. The number of hydrogen-bond acceptors (Lipinski definition) is 2. The van der Waals surface area contributed by atoms with E-state index in [9.17, 15) is 4.79 Å². The molecule has 0 radical (unpaired) electrons. The minimum Gasteiger partial charge on any atom is -0.465 e. The fraction of sp³-hybridized carbons (Fsp3) is 0.900. The van der Waals surface area contributed by atoms with E-state index in [-0.39, 0.29) is 6.17 Å². The molecular formula is C10H18N2O2. The van der Waals surface area contributed by atoms with Gasteiger partial charge in [0.2, 0.25) is 0 Å². The number of hydrogen-bond donors (Lipinski definition) is 1. The van der Waals surface area contributed by atoms with Gasteiger partial charge in [-0.15, -0.1) is 0 Å². The zero-order valence-electron chi connectivity index (χ0n) is 8.48. The van der Waals surface area contributed by atoms with Crippen LogP contribution in [-0.2, 0) is 0 Å². The molecule has 0 aromatic rings. The maximum Gasteiger partial charge on any atom is 0.408 e. The van der Waals surface area contributed by atoms with Crippen LogP contribution in [0.2, 0.25) is 0 Å². The number of likely N-dealkylation sites (tertiary alicyclic amines) is 2. The predicted molar refractivity (Wildman–Crippen MR) is 53.2 cm³/mol. The summed E-state index contributed by atoms with van der Waals surface area (Å²) in [7, 11) is 0. The standard InChI is InChI=1S/C10H18N2O2/c13-10(14)12-8-4-5-9(12)11-6-2-1-3-7-11/h9H,1-8H2,(H,13,14). The first-order valence-electron chi connectivity index (χ1n) is 5.52. The molecular weight excluding hydrogens is 180 g/mol. The second kappa shape index (κ2) is 4.17. The van der Waals surface area contributed by atoms with Crippen molar-refractivity contribution in [2.24, 2.45) is 0 Å². The van der Waals surface area contributed by atoms with Crippen LogP contribution in [-0.4, -0.2) is 46.8 Å². The second-order valence-electron chi connectivity index (χ2n) is 4.20. The van der Waals surface area contributed by atoms with Gasteiger partial charge in [0.15, 0.2) is 0 Å². The number of carboxylic acid groups (broad SMARTS) is 1. The van der Waals surface area contributed by atoms with Gasteiger partial charge in [0, 0.05) is 19.6 Å². The first kappa shape index (κ1) is 9.77. The largest absolute Gasteiger partial charge is 0.465 e. The number of piperidine rings is 1. The van der Waals surface area contributed by atoms with E-state index in [4.69, 9.17) is 5.11 Å². The molecule has 14 heavy (non-hydrogen) atoms. The second-order valence-corrected chi connectivity index (χ2v) is 4.20. The first-order chi connectivity index (χ1) is 6.79. The molecule has 0 spiro atoms. The van der Waals surface area contributed by atoms with Crippen LogP contribution in [0.15, 0.2) is 0 Å². The molecule has 0 bridgehead atoms. The molecule has 2 aliphatic heterocycles. The molecule has 2 saturated heterocycles. The van der Waals surface area contributed by atoms with E-state index in [1.165, 1.54) is 19.3 Å². The van der Waals surface area contributed by atoms with Gasteiger partial charge in [0.1, 0.15) is 0 Å². The van der Waals surface area contributed by atoms with Crippen molar-refractivity contribution in [2.45, 2.75) is 38.3 Å². The van der Waals surface area contributed by atoms with Crippen LogP contribution >= 0.6 is 0 Å². The molecule has 4 nitrogen and oxygen atoms in total. The monoisotopic (exact) mass is 198 g/mol. The van der Waals surface area contributed by atoms with Gasteiger partial charge in [-0.05, 0) is 25.7 Å². The molecule has 1 amide bonds. The Labute approximate surface area is 84.5 Å². The van der Waals surface area contributed by atoms with Crippen molar-refractivity contribution >= 4 is 6.09 Å². The van der Waals surface area contributed by atoms with Crippen molar-refractivity contribution in [1.82, 2.24) is 9.80 Å². The van der Waals surface area contributed by atoms with Crippen molar-refractivity contribution in [3.63, 3.8) is 0 Å². The predicted octanol–water partition coefficient (Wildman–Crippen LogP) is 1.57. The van der Waals surface area contributed by atoms with E-state index in [0.717, 1.165) is 32.5 Å². The van der Waals surface area contributed by atoms with Crippen LogP contribution in [0.25, 0.3) is 0 Å². The summed E-state index contributed by atoms with van der Waals surface area (Å²) in [6.07, 6.45) is 5.22. The highest BCUT2D eigenvalue weighted by molar-refractivity contribution is 5.65. The van der Waals surface area contributed by atoms with Crippen LogP contribution in [0.1, 0.15) is 32.1 Å². The summed E-state index contributed by atoms with van der Waals surface area (Å²) >= 11 is 0. The van der Waals surface area contributed by atoms with Crippen molar-refractivity contribution in [3.8, 4) is 0 Å². The van der Waals surface area contributed by atoms with Crippen molar-refractivity contribution in [2.75, 3.05) is 19.6 Å². The number of carbonyl (C=O) groups is 1. The van der Waals surface area contributed by atoms with Crippen LogP contribution in [0.5, 0.6) is 0 Å². The Morgan fingerprint density at radius 2 is 1.79 bits per heavy atom. The highest BCUT2D eigenvalue weighted by Crippen LogP contribution is 2.23. The van der Waals surface area contributed by atoms with E-state index in [2.05, 4.69) is 4.90 Å². The van der Waals surface area contributed by atoms with Gasteiger partial charge in [-0.1, -0.05) is 6.42 Å². The van der Waals surface area contributed by atoms with E-state index in [1.807, 2.05) is 0 Å². The number of amides is 1. The minimum absolute atomic E-state index is 0.174. The fourth-order valence-corrected chi connectivity index (χ4v) is 2.57. The Hall–Kier alpha value is -0.770. The Balaban J connectivity index is 1.97. The quantitative estimate of drug-likeness (QED) is 0.695. The maximum atomic E-state index is 11.0. The Kier molecular flexibility index (Phi) is 2.91. The lowest BCUT2D eigenvalue weighted by Gasteiger charge is -2.36. The molecule has 2 aliphatic rings. The Morgan fingerprint density at radius 3 is 2.43 bits per heavy atom. The molecule has 0 saturated carbocycles. The summed E-state index contributed by atoms with van der Waals surface area (Å²) in [5.74, 6) is 0. The fourth-order valence-electron chi connectivity index (χ4n) is 2.57. The molecule has 80 valence electrons. The average Bonchev–Trinajstić information content (AvgIpc) is 2.67. The third-order valence-electron chi connectivity index (χ3n) is 3.28. The van der Waals surface area contributed by atoms with Gasteiger partial charge in [0.25, 0.3) is 0 Å². The Bertz CT molecular complexity index is 214. The topological polar surface area (TPSA) is 43.8 Å². The van der Waals surface area contributed by atoms with E-state index in [1.54, 1.807) is 4.90 Å². The summed E-state index contributed by atoms with van der Waals surface area (Å²) < 4.78 is 0. The molecule has 1 atom stereocenters. The molecule has 0 aliphatic carbocycles. The molecule has 2 rings (SSSR count). The normalized spacial score (nSPS) is 29.4. The van der Waals surface area contributed by atoms with Gasteiger partial charge >= 0.3 is 6.09 Å². The number of nitrogens with zero attached hydrogens (tertiary/aromatic N) is 2. The average molecular weight is 198 g/mol. The van der Waals surface area contributed by atoms with Crippen molar-refractivity contribution in [3.05, 3.63) is 0 Å². The first-order valence-corrected chi connectivity index (χ1v) is 5.52. The van der Waals surface area contributed by atoms with Crippen molar-refractivity contribution in [1.29, 1.82) is 0 Å². The summed E-state index contributed by atoms with van der Waals surface area (Å²) in [4.78, 5) is 14.9. The van der Waals surface area contributed by atoms with Crippen LogP contribution in [0, 0.1) is 0 Å². The SMILES string of the molecule is O=C(O)N1CCCC1N1CCCCC1. The highest BCUT2D eigenvalue weighted by Gasteiger charge is 2.33. The van der Waals surface area contributed by atoms with Crippen molar-refractivity contribution < 1.29 is 9.90 Å². The van der Waals surface area contributed by atoms with Gasteiger partial charge in [-0.3, -0.25) is 9.80 Å². The van der Waals surface area contributed by atoms with Crippen LogP contribution in [0.3, 0.4) is 0 Å². The zero-order valence-corrected chi connectivity index (χ0v) is 8.48. The summed E-state index contributed by atoms with van der Waals surface area (Å²) in [6.45, 7) is 2.87. The minimum atomic E-state index is -0.752. The zero-order chi connectivity index (χ0) is 9.97. The number of rotatable bonds is 1. The lowest BCUT2D eigenvalue weighted by molar-refractivity contribution is 0.0566. The molecule has 2 heterocycles. The van der Waals surface area contributed by atoms with Crippen LogP contribution in [0.4, 0.5) is 4.79 Å². The van der Waals surface area contributed by atoms with Gasteiger partial charge in [-0.2, -0.15) is 0 Å². The Morgan fingerprint density at radius 1 is 1.07 bits per heavy atom. The molecule has 4 heteroatoms. The van der Waals surface area contributed by atoms with Gasteiger partial charge in [0.05, 0.1) is 6.17 Å². The van der Waals surface area contributed by atoms with E-state index >= 15 is 0 Å². The van der Waals surface area contributed by atoms with Gasteiger partial charge in [-0.25, -0.2) is 4.79 Å². The molecule has 0 aromatic carbocycles. The third-order valence-corrected chi connectivity index (χ3v) is 3.28. The van der Waals surface area contributed by atoms with Gasteiger partial charge < -0.3 is 5.11 Å². The maximum absolute atomic E-state index is 11.0. The van der Waals surface area contributed by atoms with E-state index < -0.39 is 6.09 Å². The lowest BCUT2D eigenvalue weighted by atomic mass is 10.1. The lowest BCUT2D eigenvalue weighted by Crippen LogP contribution is -2.48. The smallest absolute Gasteiger partial charge is 0.408 e. The van der Waals surface area contributed by atoms with Crippen LogP contribution < -0.4 is 0 Å². The summed E-state index contributed by atoms with van der Waals surface area (Å²) in [5, 5.41) is 9.01. The molecule has 2 fully saturated rings. The highest BCUT2D eigenvalue weighted by atomic mass is 16.4.